The predicted molar refractivity (Wildman–Crippen MR) is 51.1 cm³/mol. The van der Waals surface area contributed by atoms with Crippen LogP contribution in [0.3, 0.4) is 0 Å². The van der Waals surface area contributed by atoms with Crippen molar-refractivity contribution in [1.82, 2.24) is 25.2 Å². The SMILES string of the molecule is O=C1CNC(=O)N1CCn1cc(CO)nn1. The highest BCUT2D eigenvalue weighted by atomic mass is 16.3. The number of nitrogens with one attached hydrogen (secondary N) is 1. The Balaban J connectivity index is 1.91. The molecule has 0 atom stereocenters. The summed E-state index contributed by atoms with van der Waals surface area (Å²) < 4.78 is 1.48. The number of amides is 3. The summed E-state index contributed by atoms with van der Waals surface area (Å²) in [5.74, 6) is -0.243. The lowest BCUT2D eigenvalue weighted by Gasteiger charge is -2.11. The molecule has 0 saturated carbocycles. The molecule has 2 heterocycles. The van der Waals surface area contributed by atoms with Gasteiger partial charge in [-0.1, -0.05) is 5.21 Å². The molecule has 1 aliphatic rings. The van der Waals surface area contributed by atoms with Crippen LogP contribution in [0.25, 0.3) is 0 Å². The van der Waals surface area contributed by atoms with E-state index in [1.54, 1.807) is 6.20 Å². The maximum Gasteiger partial charge on any atom is 0.324 e. The van der Waals surface area contributed by atoms with Crippen LogP contribution in [-0.2, 0) is 17.9 Å². The Bertz CT molecular complexity index is 400. The van der Waals surface area contributed by atoms with Gasteiger partial charge in [0.15, 0.2) is 0 Å². The van der Waals surface area contributed by atoms with E-state index in [9.17, 15) is 9.59 Å². The summed E-state index contributed by atoms with van der Waals surface area (Å²) in [6.07, 6.45) is 1.57. The summed E-state index contributed by atoms with van der Waals surface area (Å²) in [6.45, 7) is 0.492. The molecule has 0 bridgehead atoms. The van der Waals surface area contributed by atoms with Gasteiger partial charge in [0.1, 0.15) is 5.69 Å². The number of carbonyl (C=O) groups excluding carboxylic acids is 2. The molecule has 1 aliphatic heterocycles. The second-order valence-corrected chi connectivity index (χ2v) is 3.34. The monoisotopic (exact) mass is 225 g/mol. The lowest BCUT2D eigenvalue weighted by molar-refractivity contribution is -0.125. The summed E-state index contributed by atoms with van der Waals surface area (Å²) in [4.78, 5) is 23.5. The first-order valence-corrected chi connectivity index (χ1v) is 4.79. The maximum atomic E-state index is 11.2. The van der Waals surface area contributed by atoms with Crippen molar-refractivity contribution < 1.29 is 14.7 Å². The first-order chi connectivity index (χ1) is 7.70. The highest BCUT2D eigenvalue weighted by molar-refractivity contribution is 6.01. The predicted octanol–water partition coefficient (Wildman–Crippen LogP) is -1.68. The molecular formula is C8H11N5O3. The number of hydrogen-bond acceptors (Lipinski definition) is 5. The molecule has 2 N–H and O–H groups in total. The number of aliphatic hydroxyl groups is 1. The maximum absolute atomic E-state index is 11.2. The topological polar surface area (TPSA) is 100 Å². The summed E-state index contributed by atoms with van der Waals surface area (Å²) in [7, 11) is 0. The van der Waals surface area contributed by atoms with Crippen LogP contribution in [0.2, 0.25) is 0 Å². The van der Waals surface area contributed by atoms with Crippen molar-refractivity contribution in [2.75, 3.05) is 13.1 Å². The number of nitrogens with zero attached hydrogens (tertiary/aromatic N) is 4. The summed E-state index contributed by atoms with van der Waals surface area (Å²) in [5.41, 5.74) is 0.456. The summed E-state index contributed by atoms with van der Waals surface area (Å²) >= 11 is 0. The largest absolute Gasteiger partial charge is 0.390 e. The molecule has 0 unspecified atom stereocenters. The van der Waals surface area contributed by atoms with Crippen LogP contribution in [0.5, 0.6) is 0 Å². The van der Waals surface area contributed by atoms with Crippen molar-refractivity contribution in [3.05, 3.63) is 11.9 Å². The van der Waals surface area contributed by atoms with Gasteiger partial charge in [-0.2, -0.15) is 0 Å². The van der Waals surface area contributed by atoms with Gasteiger partial charge in [0.25, 0.3) is 0 Å². The molecule has 8 heteroatoms. The first-order valence-electron chi connectivity index (χ1n) is 4.79. The second-order valence-electron chi connectivity index (χ2n) is 3.34. The molecule has 1 aromatic rings. The highest BCUT2D eigenvalue weighted by Gasteiger charge is 2.27. The average Bonchev–Trinajstić information content (AvgIpc) is 2.85. The second kappa shape index (κ2) is 4.27. The smallest absolute Gasteiger partial charge is 0.324 e. The van der Waals surface area contributed by atoms with Gasteiger partial charge in [-0.15, -0.1) is 5.10 Å². The number of carbonyl (C=O) groups is 2. The number of urea groups is 1. The van der Waals surface area contributed by atoms with Gasteiger partial charge < -0.3 is 10.4 Å². The zero-order valence-corrected chi connectivity index (χ0v) is 8.46. The van der Waals surface area contributed by atoms with Crippen molar-refractivity contribution in [2.45, 2.75) is 13.2 Å². The Morgan fingerprint density at radius 2 is 2.25 bits per heavy atom. The zero-order valence-electron chi connectivity index (χ0n) is 8.46. The molecule has 2 rings (SSSR count). The fourth-order valence-corrected chi connectivity index (χ4v) is 1.40. The third-order valence-corrected chi connectivity index (χ3v) is 2.24. The van der Waals surface area contributed by atoms with E-state index in [1.807, 2.05) is 0 Å². The first kappa shape index (κ1) is 10.6. The lowest BCUT2D eigenvalue weighted by atomic mass is 10.5. The number of aliphatic hydroxyl groups excluding tert-OH is 1. The van der Waals surface area contributed by atoms with E-state index >= 15 is 0 Å². The lowest BCUT2D eigenvalue weighted by Crippen LogP contribution is -2.33. The minimum atomic E-state index is -0.382. The molecule has 1 aromatic heterocycles. The van der Waals surface area contributed by atoms with Gasteiger partial charge >= 0.3 is 6.03 Å². The van der Waals surface area contributed by atoms with Crippen LogP contribution in [-0.4, -0.2) is 50.0 Å². The van der Waals surface area contributed by atoms with Crippen LogP contribution >= 0.6 is 0 Å². The van der Waals surface area contributed by atoms with E-state index in [0.717, 1.165) is 4.90 Å². The fraction of sp³-hybridized carbons (Fsp3) is 0.500. The molecule has 86 valence electrons. The standard InChI is InChI=1S/C8H11N5O3/c14-5-6-4-12(11-10-6)1-2-13-7(15)3-9-8(13)16/h4,14H,1-3,5H2,(H,9,16). The molecule has 8 nitrogen and oxygen atoms in total. The summed E-state index contributed by atoms with van der Waals surface area (Å²) in [5, 5.41) is 18.6. The highest BCUT2D eigenvalue weighted by Crippen LogP contribution is 2.00. The number of aromatic nitrogens is 3. The molecule has 3 amide bonds. The van der Waals surface area contributed by atoms with E-state index in [1.165, 1.54) is 4.68 Å². The van der Waals surface area contributed by atoms with Gasteiger partial charge in [0, 0.05) is 0 Å². The normalized spacial score (nSPS) is 15.7. The van der Waals surface area contributed by atoms with Crippen LogP contribution < -0.4 is 5.32 Å². The quantitative estimate of drug-likeness (QED) is 0.596. The van der Waals surface area contributed by atoms with Crippen LogP contribution in [0.1, 0.15) is 5.69 Å². The minimum Gasteiger partial charge on any atom is -0.390 e. The fourth-order valence-electron chi connectivity index (χ4n) is 1.40. The van der Waals surface area contributed by atoms with E-state index < -0.39 is 0 Å². The Morgan fingerprint density at radius 3 is 2.81 bits per heavy atom. The van der Waals surface area contributed by atoms with E-state index in [4.69, 9.17) is 5.11 Å². The number of imide groups is 1. The van der Waals surface area contributed by atoms with Crippen LogP contribution in [0.15, 0.2) is 6.20 Å². The molecule has 0 aromatic carbocycles. The van der Waals surface area contributed by atoms with E-state index in [-0.39, 0.29) is 31.6 Å². The molecule has 1 fully saturated rings. The number of rotatable bonds is 4. The van der Waals surface area contributed by atoms with Crippen molar-refractivity contribution >= 4 is 11.9 Å². The third-order valence-electron chi connectivity index (χ3n) is 2.24. The molecule has 1 saturated heterocycles. The zero-order chi connectivity index (χ0) is 11.5. The van der Waals surface area contributed by atoms with Gasteiger partial charge in [0.2, 0.25) is 5.91 Å². The Morgan fingerprint density at radius 1 is 1.44 bits per heavy atom. The van der Waals surface area contributed by atoms with Crippen LogP contribution in [0.4, 0.5) is 4.79 Å². The van der Waals surface area contributed by atoms with E-state index in [2.05, 4.69) is 15.6 Å². The molecule has 0 spiro atoms. The minimum absolute atomic E-state index is 0.0537. The van der Waals surface area contributed by atoms with Gasteiger partial charge in [0.05, 0.1) is 32.4 Å². The van der Waals surface area contributed by atoms with Crippen molar-refractivity contribution in [3.63, 3.8) is 0 Å². The Kier molecular flexibility index (Phi) is 2.82. The molecule has 0 radical (unpaired) electrons. The third kappa shape index (κ3) is 2.01. The van der Waals surface area contributed by atoms with Crippen molar-refractivity contribution in [2.24, 2.45) is 0 Å². The van der Waals surface area contributed by atoms with Crippen LogP contribution in [0, 0.1) is 0 Å². The molecule has 16 heavy (non-hydrogen) atoms. The van der Waals surface area contributed by atoms with Gasteiger partial charge in [-0.3, -0.25) is 14.4 Å². The van der Waals surface area contributed by atoms with Gasteiger partial charge in [-0.25, -0.2) is 4.79 Å². The average molecular weight is 225 g/mol. The molecule has 0 aliphatic carbocycles. The molecular weight excluding hydrogens is 214 g/mol. The van der Waals surface area contributed by atoms with Crippen molar-refractivity contribution in [1.29, 1.82) is 0 Å². The Labute approximate surface area is 90.8 Å². The van der Waals surface area contributed by atoms with Gasteiger partial charge in [-0.05, 0) is 0 Å². The van der Waals surface area contributed by atoms with E-state index in [0.29, 0.717) is 12.2 Å². The number of hydrogen-bond donors (Lipinski definition) is 2. The van der Waals surface area contributed by atoms with Crippen molar-refractivity contribution in [3.8, 4) is 0 Å². The Hall–Kier alpha value is -1.96. The summed E-state index contributed by atoms with van der Waals surface area (Å²) in [6, 6.07) is -0.382.